The number of halogens is 1. The zero-order chi connectivity index (χ0) is 18.4. The second-order valence-electron chi connectivity index (χ2n) is 6.31. The number of sulfonamides is 1. The van der Waals surface area contributed by atoms with E-state index < -0.39 is 10.0 Å². The Hall–Kier alpha value is -1.23. The summed E-state index contributed by atoms with van der Waals surface area (Å²) >= 11 is 0. The van der Waals surface area contributed by atoms with E-state index in [0.29, 0.717) is 51.6 Å². The van der Waals surface area contributed by atoms with Crippen molar-refractivity contribution in [1.29, 1.82) is 0 Å². The van der Waals surface area contributed by atoms with Gasteiger partial charge in [-0.25, -0.2) is 8.42 Å². The smallest absolute Gasteiger partial charge is 0.251 e. The first-order valence-electron chi connectivity index (χ1n) is 8.86. The molecular weight excluding hydrogens is 394 g/mol. The number of ether oxygens (including phenoxy) is 2. The molecule has 0 radical (unpaired) electrons. The van der Waals surface area contributed by atoms with Gasteiger partial charge in [-0.3, -0.25) is 4.79 Å². The third kappa shape index (κ3) is 5.87. The molecule has 1 atom stereocenters. The van der Waals surface area contributed by atoms with Gasteiger partial charge in [-0.05, 0) is 31.2 Å². The van der Waals surface area contributed by atoms with Crippen molar-refractivity contribution in [1.82, 2.24) is 14.9 Å². The molecule has 0 saturated carbocycles. The summed E-state index contributed by atoms with van der Waals surface area (Å²) in [6.07, 6.45) is 0.590. The average molecular weight is 420 g/mol. The monoisotopic (exact) mass is 419 g/mol. The molecule has 27 heavy (non-hydrogen) atoms. The molecule has 1 aromatic rings. The number of carbonyl (C=O) groups excluding carboxylic acids is 1. The molecule has 3 rings (SSSR count). The third-order valence-electron chi connectivity index (χ3n) is 4.41. The summed E-state index contributed by atoms with van der Waals surface area (Å²) in [4.78, 5) is 12.5. The molecule has 0 aliphatic carbocycles. The molecule has 0 bridgehead atoms. The van der Waals surface area contributed by atoms with E-state index in [1.54, 1.807) is 12.1 Å². The molecule has 0 aromatic heterocycles. The van der Waals surface area contributed by atoms with Crippen molar-refractivity contribution in [2.45, 2.75) is 17.4 Å². The Kier molecular flexibility index (Phi) is 8.46. The number of carbonyl (C=O) groups is 1. The van der Waals surface area contributed by atoms with Gasteiger partial charge in [0.2, 0.25) is 10.0 Å². The maximum Gasteiger partial charge on any atom is 0.251 e. The van der Waals surface area contributed by atoms with E-state index in [4.69, 9.17) is 9.47 Å². The van der Waals surface area contributed by atoms with Crippen molar-refractivity contribution < 1.29 is 22.7 Å². The van der Waals surface area contributed by atoms with Gasteiger partial charge in [-0.1, -0.05) is 6.07 Å². The summed E-state index contributed by atoms with van der Waals surface area (Å²) in [5, 5.41) is 5.96. The number of benzene rings is 1. The molecule has 8 nitrogen and oxygen atoms in total. The van der Waals surface area contributed by atoms with Crippen LogP contribution in [0.15, 0.2) is 29.2 Å². The van der Waals surface area contributed by atoms with Crippen LogP contribution in [0.5, 0.6) is 0 Å². The van der Waals surface area contributed by atoms with E-state index in [2.05, 4.69) is 10.6 Å². The van der Waals surface area contributed by atoms with Crippen molar-refractivity contribution in [3.05, 3.63) is 29.8 Å². The van der Waals surface area contributed by atoms with Crippen molar-refractivity contribution in [2.24, 2.45) is 0 Å². The SMILES string of the molecule is Cl.O=C(NCC1COCCO1)c1cccc(S(=O)(=O)N2CCCNCC2)c1. The van der Waals surface area contributed by atoms with Gasteiger partial charge in [-0.2, -0.15) is 4.31 Å². The Labute approximate surface area is 166 Å². The molecule has 2 N–H and O–H groups in total. The Morgan fingerprint density at radius 1 is 1.26 bits per heavy atom. The van der Waals surface area contributed by atoms with Crippen molar-refractivity contribution >= 4 is 28.3 Å². The molecule has 2 fully saturated rings. The van der Waals surface area contributed by atoms with Crippen LogP contribution in [0.25, 0.3) is 0 Å². The van der Waals surface area contributed by atoms with Crippen LogP contribution >= 0.6 is 12.4 Å². The van der Waals surface area contributed by atoms with Gasteiger partial charge in [0.1, 0.15) is 0 Å². The first kappa shape index (κ1) is 22.1. The van der Waals surface area contributed by atoms with Crippen LogP contribution in [0.4, 0.5) is 0 Å². The number of hydrogen-bond donors (Lipinski definition) is 2. The van der Waals surface area contributed by atoms with E-state index in [1.807, 2.05) is 0 Å². The summed E-state index contributed by atoms with van der Waals surface area (Å²) in [6, 6.07) is 6.17. The van der Waals surface area contributed by atoms with Gasteiger partial charge in [0.05, 0.1) is 30.8 Å². The standard InChI is InChI=1S/C17H25N3O5S.ClH/c21-17(19-12-15-13-24-9-10-25-15)14-3-1-4-16(11-14)26(22,23)20-7-2-5-18-6-8-20;/h1,3-4,11,15,18H,2,5-10,12-13H2,(H,19,21);1H. The maximum absolute atomic E-state index is 12.8. The molecule has 1 amide bonds. The Balaban J connectivity index is 0.00000261. The quantitative estimate of drug-likeness (QED) is 0.709. The lowest BCUT2D eigenvalue weighted by atomic mass is 10.2. The van der Waals surface area contributed by atoms with Gasteiger partial charge in [-0.15, -0.1) is 12.4 Å². The molecule has 2 aliphatic rings. The molecule has 2 heterocycles. The van der Waals surface area contributed by atoms with Crippen molar-refractivity contribution in [2.75, 3.05) is 52.5 Å². The lowest BCUT2D eigenvalue weighted by Crippen LogP contribution is -2.39. The topological polar surface area (TPSA) is 97.0 Å². The van der Waals surface area contributed by atoms with Crippen LogP contribution in [-0.2, 0) is 19.5 Å². The first-order valence-corrected chi connectivity index (χ1v) is 10.3. The molecule has 1 unspecified atom stereocenters. The summed E-state index contributed by atoms with van der Waals surface area (Å²) in [7, 11) is -3.61. The Bertz CT molecular complexity index is 717. The second-order valence-corrected chi connectivity index (χ2v) is 8.25. The Morgan fingerprint density at radius 3 is 2.89 bits per heavy atom. The summed E-state index contributed by atoms with van der Waals surface area (Å²) < 4.78 is 37.9. The second kappa shape index (κ2) is 10.4. The van der Waals surface area contributed by atoms with Gasteiger partial charge >= 0.3 is 0 Å². The molecular formula is C17H26ClN3O5S. The minimum atomic E-state index is -3.61. The molecule has 2 saturated heterocycles. The number of rotatable bonds is 5. The summed E-state index contributed by atoms with van der Waals surface area (Å²) in [5.41, 5.74) is 0.316. The fourth-order valence-corrected chi connectivity index (χ4v) is 4.50. The average Bonchev–Trinajstić information content (AvgIpc) is 2.97. The molecule has 10 heteroatoms. The van der Waals surface area contributed by atoms with Gasteiger partial charge in [0.25, 0.3) is 5.91 Å². The fourth-order valence-electron chi connectivity index (χ4n) is 2.97. The number of nitrogens with one attached hydrogen (secondary N) is 2. The fraction of sp³-hybridized carbons (Fsp3) is 0.588. The van der Waals surface area contributed by atoms with Gasteiger partial charge in [0, 0.05) is 31.7 Å². The highest BCUT2D eigenvalue weighted by atomic mass is 35.5. The molecule has 152 valence electrons. The van der Waals surface area contributed by atoms with Crippen LogP contribution in [0.1, 0.15) is 16.8 Å². The number of hydrogen-bond acceptors (Lipinski definition) is 6. The normalized spacial score (nSPS) is 21.7. The molecule has 0 spiro atoms. The molecule has 2 aliphatic heterocycles. The predicted octanol–water partition coefficient (Wildman–Crippen LogP) is 0.238. The van der Waals surface area contributed by atoms with E-state index >= 15 is 0 Å². The van der Waals surface area contributed by atoms with E-state index in [-0.39, 0.29) is 29.3 Å². The molecule has 1 aromatic carbocycles. The van der Waals surface area contributed by atoms with Crippen LogP contribution in [0, 0.1) is 0 Å². The zero-order valence-electron chi connectivity index (χ0n) is 15.1. The van der Waals surface area contributed by atoms with Crippen molar-refractivity contribution in [3.8, 4) is 0 Å². The van der Waals surface area contributed by atoms with Crippen LogP contribution < -0.4 is 10.6 Å². The minimum absolute atomic E-state index is 0. The van der Waals surface area contributed by atoms with Gasteiger partial charge in [0.15, 0.2) is 0 Å². The largest absolute Gasteiger partial charge is 0.376 e. The summed E-state index contributed by atoms with van der Waals surface area (Å²) in [5.74, 6) is -0.325. The van der Waals surface area contributed by atoms with E-state index in [1.165, 1.54) is 16.4 Å². The highest BCUT2D eigenvalue weighted by Gasteiger charge is 2.26. The third-order valence-corrected chi connectivity index (χ3v) is 6.30. The predicted molar refractivity (Wildman–Crippen MR) is 103 cm³/mol. The highest BCUT2D eigenvalue weighted by molar-refractivity contribution is 7.89. The van der Waals surface area contributed by atoms with Crippen LogP contribution in [0.2, 0.25) is 0 Å². The Morgan fingerprint density at radius 2 is 2.11 bits per heavy atom. The minimum Gasteiger partial charge on any atom is -0.376 e. The highest BCUT2D eigenvalue weighted by Crippen LogP contribution is 2.18. The first-order chi connectivity index (χ1) is 12.6. The van der Waals surface area contributed by atoms with Crippen molar-refractivity contribution in [3.63, 3.8) is 0 Å². The van der Waals surface area contributed by atoms with E-state index in [0.717, 1.165) is 13.0 Å². The van der Waals surface area contributed by atoms with Crippen LogP contribution in [0.3, 0.4) is 0 Å². The van der Waals surface area contributed by atoms with Crippen LogP contribution in [-0.4, -0.2) is 77.3 Å². The van der Waals surface area contributed by atoms with E-state index in [9.17, 15) is 13.2 Å². The number of nitrogens with zero attached hydrogens (tertiary/aromatic N) is 1. The van der Waals surface area contributed by atoms with Gasteiger partial charge < -0.3 is 20.1 Å². The zero-order valence-corrected chi connectivity index (χ0v) is 16.7. The lowest BCUT2D eigenvalue weighted by Gasteiger charge is -2.23. The summed E-state index contributed by atoms with van der Waals surface area (Å²) in [6.45, 7) is 4.19. The maximum atomic E-state index is 12.8. The number of amides is 1. The lowest BCUT2D eigenvalue weighted by molar-refractivity contribution is -0.0855.